The Morgan fingerprint density at radius 1 is 0.487 bits per heavy atom. The predicted octanol–water partition coefficient (Wildman–Crippen LogP) is -16.6. The Bertz CT molecular complexity index is 272. The second-order valence-corrected chi connectivity index (χ2v) is 1.13. The van der Waals surface area contributed by atoms with Gasteiger partial charge in [-0.3, -0.25) is 52.2 Å². The topological polar surface area (TPSA) is 665 Å². The van der Waals surface area contributed by atoms with E-state index in [4.69, 9.17) is 81.4 Å². The van der Waals surface area contributed by atoms with Crippen LogP contribution in [0.15, 0.2) is 32.0 Å². The van der Waals surface area contributed by atoms with Crippen LogP contribution < -0.4 is 176 Å². The Morgan fingerprint density at radius 2 is 0.487 bits per heavy atom. The molecule has 21 N–H and O–H groups in total. The molecule has 0 saturated carbocycles. The van der Waals surface area contributed by atoms with Crippen molar-refractivity contribution in [3.8, 4) is 0 Å². The maximum Gasteiger partial charge on any atom is 1.00 e. The SMILES string of the molecule is N=C(N)N.NN.NN.NN.NN.O=N[O-].O=N[O-].O=N[O-].O=N[O-].O=N[O-].O=N[O-].O=[N+]([O-])[O-].[Co].[Na+].[Na+].[Na+].[Na+]. The van der Waals surface area contributed by atoms with Gasteiger partial charge in [0.2, 0.25) is 0 Å². The van der Waals surface area contributed by atoms with Gasteiger partial charge >= 0.3 is 118 Å². The Labute approximate surface area is 314 Å². The molecule has 0 aromatic rings. The van der Waals surface area contributed by atoms with Crippen molar-refractivity contribution < 1.29 is 140 Å². The summed E-state index contributed by atoms with van der Waals surface area (Å²) >= 11 is 0. The molecule has 0 saturated heterocycles. The minimum absolute atomic E-state index is 0. The molecule has 0 amide bonds. The molecule has 0 aliphatic heterocycles. The van der Waals surface area contributed by atoms with Gasteiger partial charge in [-0.15, -0.1) is 32.0 Å². The van der Waals surface area contributed by atoms with Crippen molar-refractivity contribution in [3.63, 3.8) is 0 Å². The number of nitrogens with one attached hydrogen (secondary N) is 1. The number of guanidine groups is 1. The van der Waals surface area contributed by atoms with Gasteiger partial charge in [0.05, 0.1) is 5.09 Å². The van der Waals surface area contributed by atoms with Crippen LogP contribution in [0.1, 0.15) is 0 Å². The van der Waals surface area contributed by atoms with Crippen LogP contribution in [-0.2, 0) is 16.8 Å². The monoisotopic (exact) mass is 676 g/mol. The van der Waals surface area contributed by atoms with E-state index in [2.05, 4.69) is 58.2 Å². The van der Waals surface area contributed by atoms with Crippen molar-refractivity contribution in [1.29, 1.82) is 5.41 Å². The second kappa shape index (κ2) is 394. The van der Waals surface area contributed by atoms with Crippen molar-refractivity contribution in [1.82, 2.24) is 0 Å². The summed E-state index contributed by atoms with van der Waals surface area (Å²) in [5, 5.41) is 74.8. The molecule has 39 heavy (non-hydrogen) atoms. The Hall–Kier alpha value is -0.944. The van der Waals surface area contributed by atoms with E-state index in [1.54, 1.807) is 0 Å². The second-order valence-electron chi connectivity index (χ2n) is 1.13. The fraction of sp³-hybridized carbons (Fsp3) is 0. The van der Waals surface area contributed by atoms with Crippen LogP contribution in [0.2, 0.25) is 0 Å². The molecule has 0 aromatic heterocycles. The van der Waals surface area contributed by atoms with Gasteiger partial charge in [-0.25, -0.2) is 0 Å². The van der Waals surface area contributed by atoms with Gasteiger partial charge in [0.25, 0.3) is 0 Å². The van der Waals surface area contributed by atoms with Crippen LogP contribution in [-0.4, -0.2) is 11.0 Å². The van der Waals surface area contributed by atoms with Gasteiger partial charge in [-0.2, -0.15) is 0 Å². The minimum atomic E-state index is -1.75. The fourth-order valence-electron chi connectivity index (χ4n) is 0. The standard InChI is InChI=1S/CH5N3.Co.4H4N2.NO3.6HNO2.4Na/c2-1(3)4;;4*1-2;2-1(3)4;6*2-1-3;;;;/h(H5,2,3,4);;4*1-2H2;;6*(H,2,3);;;;/q;;;;;;-1;;;;;;;4*+1/p-6. The summed E-state index contributed by atoms with van der Waals surface area (Å²) in [5.41, 5.74) is 8.94. The van der Waals surface area contributed by atoms with Crippen LogP contribution in [0.25, 0.3) is 0 Å². The first-order valence-electron chi connectivity index (χ1n) is 4.90. The molecular weight excluding hydrogens is 655 g/mol. The zero-order valence-corrected chi connectivity index (χ0v) is 29.4. The van der Waals surface area contributed by atoms with Gasteiger partial charge in [0.1, 0.15) is 0 Å². The summed E-state index contributed by atoms with van der Waals surface area (Å²) < 4.78 is 0. The van der Waals surface area contributed by atoms with E-state index in [9.17, 15) is 0 Å². The van der Waals surface area contributed by atoms with Crippen molar-refractivity contribution in [3.05, 3.63) is 76.0 Å². The molecule has 0 atom stereocenters. The van der Waals surface area contributed by atoms with E-state index in [0.717, 1.165) is 32.0 Å². The summed E-state index contributed by atoms with van der Waals surface area (Å²) in [6.45, 7) is 0. The van der Waals surface area contributed by atoms with Crippen LogP contribution in [0.3, 0.4) is 0 Å². The first-order chi connectivity index (χ1) is 15.9. The molecule has 0 bridgehead atoms. The summed E-state index contributed by atoms with van der Waals surface area (Å²) in [6.07, 6.45) is 0. The maximum absolute atomic E-state index is 8.25. The van der Waals surface area contributed by atoms with Crippen LogP contribution in [0, 0.1) is 81.4 Å². The molecule has 38 heteroatoms. The Morgan fingerprint density at radius 3 is 0.487 bits per heavy atom. The molecule has 0 aliphatic carbocycles. The first-order valence-corrected chi connectivity index (χ1v) is 4.90. The molecule has 1 radical (unpaired) electrons. The van der Waals surface area contributed by atoms with E-state index in [1.807, 2.05) is 0 Å². The molecular formula is CH21CoN18Na4O15-3. The predicted molar refractivity (Wildman–Crippen MR) is 115 cm³/mol. The quantitative estimate of drug-likeness (QED) is 0.0216. The fourth-order valence-corrected chi connectivity index (χ4v) is 0. The summed E-state index contributed by atoms with van der Waals surface area (Å²) in [6, 6.07) is 0. The van der Waals surface area contributed by atoms with E-state index < -0.39 is 5.09 Å². The first kappa shape index (κ1) is 118. The summed E-state index contributed by atoms with van der Waals surface area (Å²) in [7, 11) is 0. The average molecular weight is 676 g/mol. The molecule has 0 rings (SSSR count). The third-order valence-corrected chi connectivity index (χ3v) is 0. The third kappa shape index (κ3) is 51200. The third-order valence-electron chi connectivity index (χ3n) is 0. The van der Waals surface area contributed by atoms with E-state index in [0.29, 0.717) is 0 Å². The largest absolute Gasteiger partial charge is 1.00 e. The average Bonchev–Trinajstić information content (AvgIpc) is 2.76. The zero-order valence-electron chi connectivity index (χ0n) is 20.4. The van der Waals surface area contributed by atoms with Crippen molar-refractivity contribution in [2.75, 3.05) is 0 Å². The molecule has 0 unspecified atom stereocenters. The van der Waals surface area contributed by atoms with E-state index in [1.165, 1.54) is 0 Å². The van der Waals surface area contributed by atoms with Gasteiger partial charge in [-0.05, 0) is 0 Å². The Balaban J connectivity index is -0.00000000899. The summed E-state index contributed by atoms with van der Waals surface area (Å²) in [5.74, 6) is 31.7. The van der Waals surface area contributed by atoms with Crippen molar-refractivity contribution in [2.24, 2.45) is 90.2 Å². The number of hydrazine groups is 4. The minimum Gasteiger partial charge on any atom is -0.444 e. The van der Waals surface area contributed by atoms with Gasteiger partial charge in [-0.1, -0.05) is 0 Å². The van der Waals surface area contributed by atoms with Crippen LogP contribution >= 0.6 is 0 Å². The molecule has 0 spiro atoms. The molecule has 0 fully saturated rings. The van der Waals surface area contributed by atoms with Crippen LogP contribution in [0.5, 0.6) is 0 Å². The maximum atomic E-state index is 8.25. The number of hydrogen-bond acceptors (Lipinski definition) is 30. The number of nitrogens with zero attached hydrogens (tertiary/aromatic N) is 7. The number of nitrogens with two attached hydrogens (primary N) is 10. The van der Waals surface area contributed by atoms with Crippen molar-refractivity contribution >= 4 is 5.96 Å². The number of hydrogen-bond donors (Lipinski definition) is 11. The normalized spacial score (nSPS) is 3.69. The number of rotatable bonds is 0. The van der Waals surface area contributed by atoms with Crippen molar-refractivity contribution in [2.45, 2.75) is 0 Å². The smallest absolute Gasteiger partial charge is 0.444 e. The molecule has 0 heterocycles. The van der Waals surface area contributed by atoms with E-state index >= 15 is 0 Å². The molecule has 0 aliphatic rings. The van der Waals surface area contributed by atoms with Gasteiger partial charge in [0, 0.05) is 16.8 Å². The van der Waals surface area contributed by atoms with Gasteiger partial charge < -0.3 is 87.5 Å². The molecule has 221 valence electrons. The zero-order chi connectivity index (χ0) is 31.4. The van der Waals surface area contributed by atoms with Crippen LogP contribution in [0.4, 0.5) is 0 Å². The van der Waals surface area contributed by atoms with E-state index in [-0.39, 0.29) is 141 Å². The summed E-state index contributed by atoms with van der Waals surface area (Å²) in [4.78, 5) is 56.2. The van der Waals surface area contributed by atoms with Gasteiger partial charge in [0.15, 0.2) is 5.96 Å². The Kier molecular flexibility index (Phi) is 1190. The molecule has 0 aromatic carbocycles. The molecule has 33 nitrogen and oxygen atoms in total.